The van der Waals surface area contributed by atoms with Gasteiger partial charge in [0.05, 0.1) is 18.5 Å². The number of carbonyl (C=O) groups excluding carboxylic acids is 2. The van der Waals surface area contributed by atoms with Gasteiger partial charge < -0.3 is 9.64 Å². The lowest BCUT2D eigenvalue weighted by atomic mass is 9.92. The van der Waals surface area contributed by atoms with E-state index in [1.165, 1.54) is 6.08 Å². The molecule has 4 nitrogen and oxygen atoms in total. The zero-order chi connectivity index (χ0) is 15.7. The Hall–Kier alpha value is -2.88. The summed E-state index contributed by atoms with van der Waals surface area (Å²) >= 11 is 0. The van der Waals surface area contributed by atoms with E-state index in [1.807, 2.05) is 48.3 Å². The van der Waals surface area contributed by atoms with Crippen LogP contribution >= 0.6 is 0 Å². The van der Waals surface area contributed by atoms with E-state index in [9.17, 15) is 9.59 Å². The lowest BCUT2D eigenvalue weighted by Gasteiger charge is -2.27. The quantitative estimate of drug-likeness (QED) is 0.816. The van der Waals surface area contributed by atoms with Gasteiger partial charge in [-0.3, -0.25) is 9.59 Å². The molecule has 0 N–H and O–H groups in total. The Balaban J connectivity index is 2.13. The van der Waals surface area contributed by atoms with Crippen molar-refractivity contribution in [2.75, 3.05) is 19.1 Å². The molecule has 4 heteroatoms. The topological polar surface area (TPSA) is 46.6 Å². The average molecular weight is 293 g/mol. The molecule has 0 radical (unpaired) electrons. The third-order valence-corrected chi connectivity index (χ3v) is 3.75. The molecule has 0 aliphatic heterocycles. The molecule has 0 heterocycles. The first-order valence-electron chi connectivity index (χ1n) is 6.90. The van der Waals surface area contributed by atoms with Crippen LogP contribution < -0.4 is 9.64 Å². The zero-order valence-electron chi connectivity index (χ0n) is 12.4. The normalized spacial score (nSPS) is 13.5. The molecule has 0 amide bonds. The maximum Gasteiger partial charge on any atom is 0.233 e. The monoisotopic (exact) mass is 293 g/mol. The van der Waals surface area contributed by atoms with Gasteiger partial charge in [0, 0.05) is 24.3 Å². The predicted molar refractivity (Wildman–Crippen MR) is 85.2 cm³/mol. The van der Waals surface area contributed by atoms with Crippen LogP contribution in [0.15, 0.2) is 54.6 Å². The molecular weight excluding hydrogens is 278 g/mol. The fourth-order valence-corrected chi connectivity index (χ4v) is 2.62. The molecule has 0 bridgehead atoms. The van der Waals surface area contributed by atoms with Crippen LogP contribution in [0, 0.1) is 0 Å². The van der Waals surface area contributed by atoms with Crippen LogP contribution in [0.2, 0.25) is 0 Å². The van der Waals surface area contributed by atoms with Crippen molar-refractivity contribution < 1.29 is 14.3 Å². The average Bonchev–Trinajstić information content (AvgIpc) is 2.57. The van der Waals surface area contributed by atoms with Crippen molar-refractivity contribution >= 4 is 23.0 Å². The van der Waals surface area contributed by atoms with E-state index in [4.69, 9.17) is 4.74 Å². The number of hydrogen-bond donors (Lipinski definition) is 0. The highest BCUT2D eigenvalue weighted by molar-refractivity contribution is 6.50. The number of benzene rings is 2. The van der Waals surface area contributed by atoms with E-state index in [0.29, 0.717) is 17.0 Å². The maximum absolute atomic E-state index is 12.0. The van der Waals surface area contributed by atoms with Crippen LogP contribution in [-0.2, 0) is 4.79 Å². The molecule has 0 fully saturated rings. The van der Waals surface area contributed by atoms with E-state index in [0.717, 1.165) is 11.3 Å². The summed E-state index contributed by atoms with van der Waals surface area (Å²) in [6.07, 6.45) is 1.39. The first-order chi connectivity index (χ1) is 10.6. The molecule has 1 aliphatic carbocycles. The van der Waals surface area contributed by atoms with Crippen molar-refractivity contribution in [3.63, 3.8) is 0 Å². The Morgan fingerprint density at radius 2 is 1.55 bits per heavy atom. The minimum atomic E-state index is -0.504. The number of ketones is 2. The van der Waals surface area contributed by atoms with Crippen LogP contribution in [-0.4, -0.2) is 25.7 Å². The van der Waals surface area contributed by atoms with Crippen molar-refractivity contribution in [1.29, 1.82) is 0 Å². The highest BCUT2D eigenvalue weighted by atomic mass is 16.5. The van der Waals surface area contributed by atoms with Crippen LogP contribution in [0.1, 0.15) is 15.9 Å². The summed E-state index contributed by atoms with van der Waals surface area (Å²) in [5, 5.41) is 0. The third-order valence-electron chi connectivity index (χ3n) is 3.75. The number of anilines is 1. The second-order valence-corrected chi connectivity index (χ2v) is 5.00. The molecule has 0 atom stereocenters. The number of carbonyl (C=O) groups is 2. The van der Waals surface area contributed by atoms with Crippen molar-refractivity contribution in [3.05, 3.63) is 65.7 Å². The molecule has 0 spiro atoms. The van der Waals surface area contributed by atoms with E-state index in [-0.39, 0.29) is 0 Å². The summed E-state index contributed by atoms with van der Waals surface area (Å²) in [4.78, 5) is 25.8. The number of allylic oxidation sites excluding steroid dienone is 1. The smallest absolute Gasteiger partial charge is 0.233 e. The number of nitrogens with zero attached hydrogens (tertiary/aromatic N) is 1. The number of hydrogen-bond acceptors (Lipinski definition) is 4. The molecule has 22 heavy (non-hydrogen) atoms. The van der Waals surface area contributed by atoms with Crippen molar-refractivity contribution in [2.45, 2.75) is 0 Å². The molecule has 3 rings (SSSR count). The van der Waals surface area contributed by atoms with Gasteiger partial charge in [-0.25, -0.2) is 0 Å². The summed E-state index contributed by atoms with van der Waals surface area (Å²) in [6.45, 7) is 0. The van der Waals surface area contributed by atoms with Gasteiger partial charge in [0.2, 0.25) is 11.6 Å². The van der Waals surface area contributed by atoms with Gasteiger partial charge in [-0.05, 0) is 12.1 Å². The van der Waals surface area contributed by atoms with Crippen molar-refractivity contribution in [3.8, 4) is 5.75 Å². The van der Waals surface area contributed by atoms with Crippen LogP contribution in [0.25, 0.3) is 5.70 Å². The third kappa shape index (κ3) is 2.19. The number of para-hydroxylation sites is 2. The first kappa shape index (κ1) is 14.1. The van der Waals surface area contributed by atoms with Gasteiger partial charge in [0.25, 0.3) is 0 Å². The summed E-state index contributed by atoms with van der Waals surface area (Å²) in [7, 11) is 3.45. The maximum atomic E-state index is 12.0. The van der Waals surface area contributed by atoms with Gasteiger partial charge in [0.15, 0.2) is 0 Å². The second kappa shape index (κ2) is 5.48. The van der Waals surface area contributed by atoms with E-state index < -0.39 is 11.6 Å². The molecule has 0 aromatic heterocycles. The number of fused-ring (bicyclic) bond motifs is 1. The van der Waals surface area contributed by atoms with Gasteiger partial charge in [-0.15, -0.1) is 0 Å². The van der Waals surface area contributed by atoms with E-state index in [1.54, 1.807) is 19.2 Å². The molecule has 0 saturated carbocycles. The van der Waals surface area contributed by atoms with Gasteiger partial charge in [-0.2, -0.15) is 0 Å². The number of rotatable bonds is 3. The number of methoxy groups -OCH3 is 1. The Bertz CT molecular complexity index is 792. The fraction of sp³-hybridized carbons (Fsp3) is 0.111. The lowest BCUT2D eigenvalue weighted by Crippen LogP contribution is -2.26. The molecule has 2 aromatic carbocycles. The van der Waals surface area contributed by atoms with Crippen molar-refractivity contribution in [1.82, 2.24) is 0 Å². The predicted octanol–water partition coefficient (Wildman–Crippen LogP) is 2.94. The Morgan fingerprint density at radius 3 is 2.27 bits per heavy atom. The highest BCUT2D eigenvalue weighted by Crippen LogP contribution is 2.35. The Kier molecular flexibility index (Phi) is 3.51. The first-order valence-corrected chi connectivity index (χ1v) is 6.90. The van der Waals surface area contributed by atoms with Crippen molar-refractivity contribution in [2.24, 2.45) is 0 Å². The highest BCUT2D eigenvalue weighted by Gasteiger charge is 2.28. The van der Waals surface area contributed by atoms with Crippen LogP contribution in [0.5, 0.6) is 5.75 Å². The minimum Gasteiger partial charge on any atom is -0.495 e. The second-order valence-electron chi connectivity index (χ2n) is 5.00. The molecule has 2 aromatic rings. The molecular formula is C18H15NO3. The molecule has 110 valence electrons. The Labute approximate surface area is 128 Å². The SMILES string of the molecule is COc1ccccc1N(C)C1=CC(=O)C(=O)c2ccccc21. The summed E-state index contributed by atoms with van der Waals surface area (Å²) in [5.41, 5.74) is 2.70. The van der Waals surface area contributed by atoms with Crippen LogP contribution in [0.3, 0.4) is 0 Å². The van der Waals surface area contributed by atoms with Gasteiger partial charge >= 0.3 is 0 Å². The zero-order valence-corrected chi connectivity index (χ0v) is 12.4. The van der Waals surface area contributed by atoms with Gasteiger partial charge in [-0.1, -0.05) is 36.4 Å². The van der Waals surface area contributed by atoms with Gasteiger partial charge in [0.1, 0.15) is 5.75 Å². The molecule has 0 unspecified atom stereocenters. The van der Waals surface area contributed by atoms with E-state index >= 15 is 0 Å². The van der Waals surface area contributed by atoms with E-state index in [2.05, 4.69) is 0 Å². The number of Topliss-reactive ketones (excluding diaryl/α,β-unsaturated/α-hetero) is 1. The summed E-state index contributed by atoms with van der Waals surface area (Å²) < 4.78 is 5.37. The Morgan fingerprint density at radius 1 is 0.909 bits per heavy atom. The summed E-state index contributed by atoms with van der Waals surface area (Å²) in [6, 6.07) is 14.7. The largest absolute Gasteiger partial charge is 0.495 e. The van der Waals surface area contributed by atoms with Crippen LogP contribution in [0.4, 0.5) is 5.69 Å². The minimum absolute atomic E-state index is 0.437. The summed E-state index contributed by atoms with van der Waals surface area (Å²) in [5.74, 6) is -0.268. The molecule has 1 aliphatic rings. The lowest BCUT2D eigenvalue weighted by molar-refractivity contribution is -0.111. The standard InChI is InChI=1S/C18H15NO3/c1-19(14-9-5-6-10-17(14)22-2)15-11-16(20)18(21)13-8-4-3-7-12(13)15/h3-11H,1-2H3. The fourth-order valence-electron chi connectivity index (χ4n) is 2.62. The number of ether oxygens (including phenoxy) is 1. The molecule has 0 saturated heterocycles.